The predicted octanol–water partition coefficient (Wildman–Crippen LogP) is 2.78. The second-order valence-electron chi connectivity index (χ2n) is 6.81. The van der Waals surface area contributed by atoms with E-state index in [1.165, 1.54) is 0 Å². The molecule has 0 unspecified atom stereocenters. The lowest BCUT2D eigenvalue weighted by molar-refractivity contribution is 0.0491. The molecule has 2 rings (SSSR count). The number of nitrogens with zero attached hydrogens (tertiary/aromatic N) is 3. The third-order valence-electron chi connectivity index (χ3n) is 3.32. The van der Waals surface area contributed by atoms with Gasteiger partial charge in [-0.25, -0.2) is 0 Å². The van der Waals surface area contributed by atoms with Crippen LogP contribution in [0.25, 0.3) is 0 Å². The molecule has 0 aliphatic carbocycles. The van der Waals surface area contributed by atoms with Crippen LogP contribution in [-0.4, -0.2) is 38.7 Å². The van der Waals surface area contributed by atoms with Gasteiger partial charge in [0.05, 0.1) is 0 Å². The van der Waals surface area contributed by atoms with E-state index in [-0.39, 0.29) is 34.5 Å². The first-order valence-electron chi connectivity index (χ1n) is 7.30. The lowest BCUT2D eigenvalue weighted by Crippen LogP contribution is -2.60. The van der Waals surface area contributed by atoms with Crippen LogP contribution < -0.4 is 14.8 Å². The molecule has 0 amide bonds. The smallest absolute Gasteiger partial charge is 0.324 e. The molecule has 1 aromatic heterocycles. The van der Waals surface area contributed by atoms with E-state index in [4.69, 9.17) is 21.1 Å². The molecule has 2 heterocycles. The molecule has 0 saturated carbocycles. The first-order chi connectivity index (χ1) is 10.2. The average Bonchev–Trinajstić information content (AvgIpc) is 2.31. The van der Waals surface area contributed by atoms with Crippen molar-refractivity contribution in [3.05, 3.63) is 17.9 Å². The van der Waals surface area contributed by atoms with Gasteiger partial charge in [-0.05, 0) is 39.3 Å². The van der Waals surface area contributed by atoms with E-state index in [1.54, 1.807) is 6.08 Å². The molecule has 0 atom stereocenters. The van der Waals surface area contributed by atoms with Crippen molar-refractivity contribution in [3.8, 4) is 12.0 Å². The summed E-state index contributed by atoms with van der Waals surface area (Å²) >= 11 is 5.90. The molecule has 6 nitrogen and oxygen atoms in total. The van der Waals surface area contributed by atoms with E-state index in [2.05, 4.69) is 54.5 Å². The molecule has 1 aromatic rings. The van der Waals surface area contributed by atoms with Gasteiger partial charge in [0.15, 0.2) is 0 Å². The van der Waals surface area contributed by atoms with Crippen molar-refractivity contribution in [1.29, 1.82) is 0 Å². The maximum Gasteiger partial charge on any atom is 0.324 e. The summed E-state index contributed by atoms with van der Waals surface area (Å²) in [5.41, 5.74) is -0.0448. The molecule has 1 fully saturated rings. The van der Waals surface area contributed by atoms with Crippen molar-refractivity contribution >= 4 is 11.6 Å². The SMILES string of the molecule is C=CCOc1nc(Cl)nc(OC2CC(C)(C)NC(C)(C)C2)n1. The number of piperidine rings is 1. The quantitative estimate of drug-likeness (QED) is 0.839. The summed E-state index contributed by atoms with van der Waals surface area (Å²) in [6.07, 6.45) is 3.30. The van der Waals surface area contributed by atoms with Gasteiger partial charge in [0.1, 0.15) is 12.7 Å². The number of ether oxygens (including phenoxy) is 2. The number of rotatable bonds is 5. The topological polar surface area (TPSA) is 69.2 Å². The number of aromatic nitrogens is 3. The predicted molar refractivity (Wildman–Crippen MR) is 85.5 cm³/mol. The van der Waals surface area contributed by atoms with E-state index in [0.29, 0.717) is 6.61 Å². The van der Waals surface area contributed by atoms with Gasteiger partial charge < -0.3 is 14.8 Å². The summed E-state index contributed by atoms with van der Waals surface area (Å²) in [5, 5.41) is 3.66. The van der Waals surface area contributed by atoms with E-state index >= 15 is 0 Å². The first kappa shape index (κ1) is 17.0. The Morgan fingerprint density at radius 2 is 1.77 bits per heavy atom. The number of hydrogen-bond acceptors (Lipinski definition) is 6. The van der Waals surface area contributed by atoms with E-state index in [0.717, 1.165) is 12.8 Å². The van der Waals surface area contributed by atoms with Gasteiger partial charge in [-0.2, -0.15) is 9.97 Å². The summed E-state index contributed by atoms with van der Waals surface area (Å²) in [4.78, 5) is 12.1. The third-order valence-corrected chi connectivity index (χ3v) is 3.49. The molecule has 7 heteroatoms. The number of nitrogens with one attached hydrogen (secondary N) is 1. The maximum absolute atomic E-state index is 5.94. The number of halogens is 1. The van der Waals surface area contributed by atoms with Crippen molar-refractivity contribution in [2.75, 3.05) is 6.61 Å². The van der Waals surface area contributed by atoms with E-state index in [1.807, 2.05) is 0 Å². The average molecular weight is 327 g/mol. The Morgan fingerprint density at radius 1 is 1.18 bits per heavy atom. The zero-order valence-electron chi connectivity index (χ0n) is 13.5. The van der Waals surface area contributed by atoms with Crippen LogP contribution in [0, 0.1) is 0 Å². The summed E-state index contributed by atoms with van der Waals surface area (Å²) in [7, 11) is 0. The van der Waals surface area contributed by atoms with Gasteiger partial charge in [-0.3, -0.25) is 0 Å². The highest BCUT2D eigenvalue weighted by molar-refractivity contribution is 6.28. The van der Waals surface area contributed by atoms with Crippen LogP contribution in [0.4, 0.5) is 0 Å². The first-order valence-corrected chi connectivity index (χ1v) is 7.68. The maximum atomic E-state index is 5.94. The fraction of sp³-hybridized carbons (Fsp3) is 0.667. The van der Waals surface area contributed by atoms with Gasteiger partial charge >= 0.3 is 12.0 Å². The Hall–Kier alpha value is -1.40. The Morgan fingerprint density at radius 3 is 2.36 bits per heavy atom. The van der Waals surface area contributed by atoms with Crippen molar-refractivity contribution in [3.63, 3.8) is 0 Å². The Bertz CT molecular complexity index is 532. The highest BCUT2D eigenvalue weighted by Crippen LogP contribution is 2.30. The summed E-state index contributed by atoms with van der Waals surface area (Å²) in [5.74, 6) is 0. The van der Waals surface area contributed by atoms with Crippen LogP contribution in [0.3, 0.4) is 0 Å². The normalized spacial score (nSPS) is 20.4. The zero-order valence-corrected chi connectivity index (χ0v) is 14.3. The van der Waals surface area contributed by atoms with Crippen LogP contribution in [0.1, 0.15) is 40.5 Å². The molecule has 1 aliphatic heterocycles. The van der Waals surface area contributed by atoms with Crippen LogP contribution in [0.5, 0.6) is 12.0 Å². The largest absolute Gasteiger partial charge is 0.460 e. The summed E-state index contributed by atoms with van der Waals surface area (Å²) in [6, 6.07) is 0.333. The molecule has 0 aromatic carbocycles. The van der Waals surface area contributed by atoms with Crippen LogP contribution >= 0.6 is 11.6 Å². The van der Waals surface area contributed by atoms with E-state index in [9.17, 15) is 0 Å². The summed E-state index contributed by atoms with van der Waals surface area (Å²) in [6.45, 7) is 12.5. The second kappa shape index (κ2) is 6.38. The van der Waals surface area contributed by atoms with Crippen LogP contribution in [0.15, 0.2) is 12.7 Å². The molecule has 0 radical (unpaired) electrons. The van der Waals surface area contributed by atoms with Crippen molar-refractivity contribution in [2.24, 2.45) is 0 Å². The molecule has 1 saturated heterocycles. The molecule has 1 aliphatic rings. The molecule has 22 heavy (non-hydrogen) atoms. The molecular formula is C15H23ClN4O2. The van der Waals surface area contributed by atoms with Crippen molar-refractivity contribution < 1.29 is 9.47 Å². The Labute approximate surface area is 136 Å². The molecule has 1 N–H and O–H groups in total. The highest BCUT2D eigenvalue weighted by Gasteiger charge is 2.39. The van der Waals surface area contributed by atoms with Gasteiger partial charge in [-0.15, -0.1) is 4.98 Å². The lowest BCUT2D eigenvalue weighted by Gasteiger charge is -2.45. The molecular weight excluding hydrogens is 304 g/mol. The summed E-state index contributed by atoms with van der Waals surface area (Å²) < 4.78 is 11.2. The van der Waals surface area contributed by atoms with Crippen molar-refractivity contribution in [2.45, 2.75) is 57.7 Å². The zero-order chi connectivity index (χ0) is 16.4. The molecule has 0 spiro atoms. The fourth-order valence-corrected chi connectivity index (χ4v) is 3.17. The molecule has 0 bridgehead atoms. The number of hydrogen-bond donors (Lipinski definition) is 1. The second-order valence-corrected chi connectivity index (χ2v) is 7.15. The van der Waals surface area contributed by atoms with Crippen molar-refractivity contribution in [1.82, 2.24) is 20.3 Å². The Balaban J connectivity index is 2.12. The minimum absolute atomic E-state index is 0.00280. The van der Waals surface area contributed by atoms with Crippen LogP contribution in [0.2, 0.25) is 5.28 Å². The molecule has 122 valence electrons. The minimum atomic E-state index is -0.0224. The monoisotopic (exact) mass is 326 g/mol. The fourth-order valence-electron chi connectivity index (χ4n) is 3.03. The third kappa shape index (κ3) is 4.81. The lowest BCUT2D eigenvalue weighted by atomic mass is 9.81. The standard InChI is InChI=1S/C15H23ClN4O2/c1-6-7-21-12-17-11(16)18-13(19-12)22-10-8-14(2,3)20-15(4,5)9-10/h6,10,20H,1,7-9H2,2-5H3. The van der Waals surface area contributed by atoms with Gasteiger partial charge in [0.2, 0.25) is 5.28 Å². The van der Waals surface area contributed by atoms with Gasteiger partial charge in [-0.1, -0.05) is 12.7 Å². The highest BCUT2D eigenvalue weighted by atomic mass is 35.5. The van der Waals surface area contributed by atoms with Crippen LogP contribution in [-0.2, 0) is 0 Å². The van der Waals surface area contributed by atoms with E-state index < -0.39 is 0 Å². The Kier molecular flexibility index (Phi) is 4.92. The minimum Gasteiger partial charge on any atom is -0.460 e. The van der Waals surface area contributed by atoms with Gasteiger partial charge in [0, 0.05) is 23.9 Å². The van der Waals surface area contributed by atoms with Gasteiger partial charge in [0.25, 0.3) is 0 Å².